The van der Waals surface area contributed by atoms with Crippen molar-refractivity contribution in [3.63, 3.8) is 0 Å². The van der Waals surface area contributed by atoms with Crippen molar-refractivity contribution in [2.24, 2.45) is 0 Å². The van der Waals surface area contributed by atoms with E-state index in [1.165, 1.54) is 0 Å². The summed E-state index contributed by atoms with van der Waals surface area (Å²) in [6.45, 7) is 8.91. The molecule has 1 aliphatic heterocycles. The summed E-state index contributed by atoms with van der Waals surface area (Å²) < 4.78 is 16.8. The largest absolute Gasteiger partial charge is 0.379 e. The van der Waals surface area contributed by atoms with Crippen molar-refractivity contribution in [1.82, 2.24) is 5.32 Å². The van der Waals surface area contributed by atoms with Crippen molar-refractivity contribution < 1.29 is 14.2 Å². The summed E-state index contributed by atoms with van der Waals surface area (Å²) >= 11 is 0. The lowest BCUT2D eigenvalue weighted by Crippen LogP contribution is -2.46. The van der Waals surface area contributed by atoms with Crippen LogP contribution in [0.2, 0.25) is 0 Å². The molecule has 1 heterocycles. The molecule has 1 aliphatic rings. The molecule has 96 valence electrons. The number of likely N-dealkylation sites (N-methyl/N-ethyl adjacent to an activating group) is 1. The van der Waals surface area contributed by atoms with Crippen LogP contribution in [-0.4, -0.2) is 51.2 Å². The zero-order valence-corrected chi connectivity index (χ0v) is 10.9. The van der Waals surface area contributed by atoms with Gasteiger partial charge in [-0.05, 0) is 34.2 Å². The van der Waals surface area contributed by atoms with Crippen molar-refractivity contribution in [2.45, 2.75) is 44.9 Å². The molecule has 1 saturated heterocycles. The van der Waals surface area contributed by atoms with E-state index in [1.54, 1.807) is 0 Å². The van der Waals surface area contributed by atoms with Gasteiger partial charge in [0.15, 0.2) is 0 Å². The van der Waals surface area contributed by atoms with Gasteiger partial charge in [0.25, 0.3) is 0 Å². The third-order valence-corrected chi connectivity index (χ3v) is 2.63. The highest BCUT2D eigenvalue weighted by molar-refractivity contribution is 4.79. The molecular formula is C12H25NO3. The summed E-state index contributed by atoms with van der Waals surface area (Å²) in [6.07, 6.45) is 1.17. The quantitative estimate of drug-likeness (QED) is 0.722. The lowest BCUT2D eigenvalue weighted by atomic mass is 10.1. The van der Waals surface area contributed by atoms with Gasteiger partial charge >= 0.3 is 0 Å². The second-order valence-electron chi connectivity index (χ2n) is 5.13. The molecule has 0 aliphatic carbocycles. The van der Waals surface area contributed by atoms with Crippen LogP contribution in [0.4, 0.5) is 0 Å². The average molecular weight is 231 g/mol. The lowest BCUT2D eigenvalue weighted by Gasteiger charge is -2.31. The molecule has 4 heteroatoms. The molecule has 1 rings (SSSR count). The molecule has 1 N–H and O–H groups in total. The Hall–Kier alpha value is -0.160. The SMILES string of the molecule is CNC1CCOCC1OCCOC(C)(C)C. The normalized spacial score (nSPS) is 27.0. The Kier molecular flexibility index (Phi) is 5.69. The van der Waals surface area contributed by atoms with Crippen LogP contribution in [0.15, 0.2) is 0 Å². The zero-order valence-electron chi connectivity index (χ0n) is 10.9. The summed E-state index contributed by atoms with van der Waals surface area (Å²) in [5.74, 6) is 0. The van der Waals surface area contributed by atoms with Crippen molar-refractivity contribution in [1.29, 1.82) is 0 Å². The monoisotopic (exact) mass is 231 g/mol. The number of hydrogen-bond donors (Lipinski definition) is 1. The van der Waals surface area contributed by atoms with Crippen molar-refractivity contribution in [2.75, 3.05) is 33.5 Å². The van der Waals surface area contributed by atoms with Gasteiger partial charge in [0.1, 0.15) is 0 Å². The van der Waals surface area contributed by atoms with Crippen LogP contribution in [0.1, 0.15) is 27.2 Å². The predicted molar refractivity (Wildman–Crippen MR) is 63.7 cm³/mol. The summed E-state index contributed by atoms with van der Waals surface area (Å²) in [7, 11) is 1.97. The molecule has 0 aromatic heterocycles. The van der Waals surface area contributed by atoms with E-state index in [-0.39, 0.29) is 11.7 Å². The smallest absolute Gasteiger partial charge is 0.0962 e. The molecule has 0 amide bonds. The number of rotatable bonds is 5. The highest BCUT2D eigenvalue weighted by atomic mass is 16.6. The molecule has 4 nitrogen and oxygen atoms in total. The fourth-order valence-corrected chi connectivity index (χ4v) is 1.75. The molecule has 0 saturated carbocycles. The maximum Gasteiger partial charge on any atom is 0.0962 e. The van der Waals surface area contributed by atoms with Gasteiger partial charge in [0.05, 0.1) is 31.5 Å². The van der Waals surface area contributed by atoms with E-state index in [2.05, 4.69) is 5.32 Å². The standard InChI is InChI=1S/C12H25NO3/c1-12(2,3)16-8-7-15-11-9-14-6-5-10(11)13-4/h10-11,13H,5-9H2,1-4H3. The van der Waals surface area contributed by atoms with E-state index in [4.69, 9.17) is 14.2 Å². The summed E-state index contributed by atoms with van der Waals surface area (Å²) in [4.78, 5) is 0. The van der Waals surface area contributed by atoms with Gasteiger partial charge in [-0.15, -0.1) is 0 Å². The maximum absolute atomic E-state index is 5.77. The first-order chi connectivity index (χ1) is 7.53. The van der Waals surface area contributed by atoms with Crippen LogP contribution < -0.4 is 5.32 Å². The predicted octanol–water partition coefficient (Wildman–Crippen LogP) is 1.19. The number of hydrogen-bond acceptors (Lipinski definition) is 4. The molecule has 1 fully saturated rings. The maximum atomic E-state index is 5.77. The Bertz CT molecular complexity index is 191. The first-order valence-electron chi connectivity index (χ1n) is 6.03. The molecule has 2 unspecified atom stereocenters. The van der Waals surface area contributed by atoms with Crippen molar-refractivity contribution in [3.05, 3.63) is 0 Å². The van der Waals surface area contributed by atoms with E-state index in [1.807, 2.05) is 27.8 Å². The van der Waals surface area contributed by atoms with Gasteiger partial charge in [-0.3, -0.25) is 0 Å². The Morgan fingerprint density at radius 3 is 2.69 bits per heavy atom. The van der Waals surface area contributed by atoms with Crippen LogP contribution in [0.3, 0.4) is 0 Å². The Morgan fingerprint density at radius 1 is 1.31 bits per heavy atom. The third-order valence-electron chi connectivity index (χ3n) is 2.63. The molecule has 0 spiro atoms. The van der Waals surface area contributed by atoms with Gasteiger partial charge in [-0.25, -0.2) is 0 Å². The average Bonchev–Trinajstić information content (AvgIpc) is 2.23. The van der Waals surface area contributed by atoms with Crippen LogP contribution >= 0.6 is 0 Å². The molecule has 0 bridgehead atoms. The minimum atomic E-state index is -0.0885. The second-order valence-corrected chi connectivity index (χ2v) is 5.13. The van der Waals surface area contributed by atoms with Gasteiger partial charge in [-0.2, -0.15) is 0 Å². The summed E-state index contributed by atoms with van der Waals surface area (Å²) in [6, 6.07) is 0.406. The molecule has 0 aromatic carbocycles. The fourth-order valence-electron chi connectivity index (χ4n) is 1.75. The molecule has 0 aromatic rings. The first-order valence-corrected chi connectivity index (χ1v) is 6.03. The van der Waals surface area contributed by atoms with E-state index >= 15 is 0 Å². The second kappa shape index (κ2) is 6.55. The van der Waals surface area contributed by atoms with Crippen LogP contribution in [0.5, 0.6) is 0 Å². The summed E-state index contributed by atoms with van der Waals surface area (Å²) in [5.41, 5.74) is -0.0885. The van der Waals surface area contributed by atoms with Crippen molar-refractivity contribution in [3.8, 4) is 0 Å². The van der Waals surface area contributed by atoms with E-state index in [9.17, 15) is 0 Å². The first kappa shape index (κ1) is 13.9. The van der Waals surface area contributed by atoms with Gasteiger partial charge in [0.2, 0.25) is 0 Å². The summed E-state index contributed by atoms with van der Waals surface area (Å²) in [5, 5.41) is 3.27. The minimum absolute atomic E-state index is 0.0885. The Balaban J connectivity index is 2.15. The molecular weight excluding hydrogens is 206 g/mol. The van der Waals surface area contributed by atoms with Crippen LogP contribution in [0, 0.1) is 0 Å². The molecule has 0 radical (unpaired) electrons. The zero-order chi connectivity index (χ0) is 12.0. The van der Waals surface area contributed by atoms with E-state index in [0.717, 1.165) is 13.0 Å². The van der Waals surface area contributed by atoms with Gasteiger partial charge in [0, 0.05) is 12.6 Å². The fraction of sp³-hybridized carbons (Fsp3) is 1.00. The topological polar surface area (TPSA) is 39.7 Å². The Morgan fingerprint density at radius 2 is 2.06 bits per heavy atom. The van der Waals surface area contributed by atoms with Gasteiger partial charge in [-0.1, -0.05) is 0 Å². The number of ether oxygens (including phenoxy) is 3. The number of nitrogens with one attached hydrogen (secondary N) is 1. The van der Waals surface area contributed by atoms with Crippen LogP contribution in [-0.2, 0) is 14.2 Å². The lowest BCUT2D eigenvalue weighted by molar-refractivity contribution is -0.0959. The minimum Gasteiger partial charge on any atom is -0.379 e. The van der Waals surface area contributed by atoms with Crippen LogP contribution in [0.25, 0.3) is 0 Å². The van der Waals surface area contributed by atoms with Crippen molar-refractivity contribution >= 4 is 0 Å². The van der Waals surface area contributed by atoms with E-state index in [0.29, 0.717) is 25.9 Å². The highest BCUT2D eigenvalue weighted by Crippen LogP contribution is 2.11. The Labute approximate surface area is 98.6 Å². The molecule has 16 heavy (non-hydrogen) atoms. The van der Waals surface area contributed by atoms with E-state index < -0.39 is 0 Å². The third kappa shape index (κ3) is 5.25. The molecule has 2 atom stereocenters. The van der Waals surface area contributed by atoms with Gasteiger partial charge < -0.3 is 19.5 Å². The highest BCUT2D eigenvalue weighted by Gasteiger charge is 2.24.